The summed E-state index contributed by atoms with van der Waals surface area (Å²) in [5, 5.41) is 11.7. The van der Waals surface area contributed by atoms with Gasteiger partial charge in [-0.3, -0.25) is 0 Å². The maximum Gasteiger partial charge on any atom is 0.147 e. The van der Waals surface area contributed by atoms with Crippen molar-refractivity contribution in [2.24, 2.45) is 0 Å². The third kappa shape index (κ3) is 1.82. The first-order valence-electron chi connectivity index (χ1n) is 5.96. The van der Waals surface area contributed by atoms with Crippen LogP contribution < -0.4 is 0 Å². The maximum absolute atomic E-state index is 9.33. The Kier molecular flexibility index (Phi) is 3.07. The molecule has 18 heavy (non-hydrogen) atoms. The van der Waals surface area contributed by atoms with Gasteiger partial charge >= 0.3 is 0 Å². The average molecular weight is 275 g/mol. The zero-order valence-electron chi connectivity index (χ0n) is 9.74. The molecule has 0 N–H and O–H groups in total. The Hall–Kier alpha value is -1.37. The smallest absolute Gasteiger partial charge is 0.147 e. The predicted octanol–water partition coefficient (Wildman–Crippen LogP) is 4.21. The molecule has 1 aliphatic carbocycles. The van der Waals surface area contributed by atoms with Crippen molar-refractivity contribution in [2.75, 3.05) is 0 Å². The molecule has 0 radical (unpaired) electrons. The van der Waals surface area contributed by atoms with E-state index in [2.05, 4.69) is 11.1 Å². The van der Waals surface area contributed by atoms with Gasteiger partial charge in [0.1, 0.15) is 11.2 Å². The molecule has 0 spiro atoms. The minimum absolute atomic E-state index is 0.349. The first kappa shape index (κ1) is 11.7. The molecule has 0 aliphatic heterocycles. The molecule has 2 aromatic heterocycles. The number of nitrogens with zero attached hydrogens (tertiary/aromatic N) is 2. The highest BCUT2D eigenvalue weighted by Gasteiger charge is 2.22. The molecule has 2 heterocycles. The van der Waals surface area contributed by atoms with Gasteiger partial charge in [-0.25, -0.2) is 4.98 Å². The number of fused-ring (bicyclic) bond motifs is 1. The molecule has 0 atom stereocenters. The molecule has 90 valence electrons. The minimum Gasteiger partial charge on any atom is -0.239 e. The molecule has 0 saturated carbocycles. The summed E-state index contributed by atoms with van der Waals surface area (Å²) in [6.07, 6.45) is 4.30. The van der Waals surface area contributed by atoms with Gasteiger partial charge < -0.3 is 0 Å². The topological polar surface area (TPSA) is 36.7 Å². The first-order valence-corrected chi connectivity index (χ1v) is 7.22. The lowest BCUT2D eigenvalue weighted by atomic mass is 9.89. The molecule has 0 saturated heterocycles. The molecule has 0 unspecified atom stereocenters. The van der Waals surface area contributed by atoms with Gasteiger partial charge in [-0.1, -0.05) is 17.7 Å². The normalized spacial score (nSPS) is 14.0. The van der Waals surface area contributed by atoms with Crippen molar-refractivity contribution in [1.29, 1.82) is 5.26 Å². The van der Waals surface area contributed by atoms with Crippen LogP contribution in [0, 0.1) is 11.3 Å². The number of thiophene rings is 1. The zero-order valence-corrected chi connectivity index (χ0v) is 11.3. The van der Waals surface area contributed by atoms with E-state index in [0.717, 1.165) is 35.4 Å². The van der Waals surface area contributed by atoms with E-state index < -0.39 is 0 Å². The summed E-state index contributed by atoms with van der Waals surface area (Å²) >= 11 is 7.80. The molecule has 0 bridgehead atoms. The van der Waals surface area contributed by atoms with E-state index in [1.165, 1.54) is 12.0 Å². The molecule has 3 rings (SSSR count). The third-order valence-corrected chi connectivity index (χ3v) is 4.47. The van der Waals surface area contributed by atoms with Gasteiger partial charge in [0.05, 0.1) is 5.56 Å². The van der Waals surface area contributed by atoms with E-state index in [1.54, 1.807) is 11.3 Å². The number of hydrogen-bond donors (Lipinski definition) is 0. The van der Waals surface area contributed by atoms with Crippen LogP contribution >= 0.6 is 22.9 Å². The molecular weight excluding hydrogens is 264 g/mol. The summed E-state index contributed by atoms with van der Waals surface area (Å²) in [6.45, 7) is 0. The molecule has 4 heteroatoms. The summed E-state index contributed by atoms with van der Waals surface area (Å²) in [5.41, 5.74) is 3.85. The monoisotopic (exact) mass is 274 g/mol. The molecule has 0 fully saturated rings. The largest absolute Gasteiger partial charge is 0.239 e. The van der Waals surface area contributed by atoms with Crippen LogP contribution in [-0.2, 0) is 12.8 Å². The van der Waals surface area contributed by atoms with Crippen molar-refractivity contribution in [3.8, 4) is 16.5 Å². The van der Waals surface area contributed by atoms with Gasteiger partial charge in [0.15, 0.2) is 0 Å². The lowest BCUT2D eigenvalue weighted by Gasteiger charge is -2.19. The number of nitriles is 1. The fourth-order valence-electron chi connectivity index (χ4n) is 2.51. The average Bonchev–Trinajstić information content (AvgIpc) is 2.90. The SMILES string of the molecule is N#Cc1c(Cl)nc2c(c1-c1cccs1)CCCC2. The zero-order chi connectivity index (χ0) is 12.5. The highest BCUT2D eigenvalue weighted by atomic mass is 35.5. The fraction of sp³-hybridized carbons (Fsp3) is 0.286. The second kappa shape index (κ2) is 4.72. The second-order valence-electron chi connectivity index (χ2n) is 4.37. The van der Waals surface area contributed by atoms with Crippen molar-refractivity contribution >= 4 is 22.9 Å². The molecule has 2 nitrogen and oxygen atoms in total. The van der Waals surface area contributed by atoms with Gasteiger partial charge in [-0.15, -0.1) is 11.3 Å². The van der Waals surface area contributed by atoms with Crippen LogP contribution in [0.4, 0.5) is 0 Å². The Balaban J connectivity index is 2.33. The van der Waals surface area contributed by atoms with Gasteiger partial charge in [0, 0.05) is 16.1 Å². The lowest BCUT2D eigenvalue weighted by Crippen LogP contribution is -2.09. The second-order valence-corrected chi connectivity index (χ2v) is 5.68. The summed E-state index contributed by atoms with van der Waals surface area (Å²) in [7, 11) is 0. The molecular formula is C14H11ClN2S. The quantitative estimate of drug-likeness (QED) is 0.730. The summed E-state index contributed by atoms with van der Waals surface area (Å²) in [6, 6.07) is 6.27. The van der Waals surface area contributed by atoms with Crippen molar-refractivity contribution in [3.63, 3.8) is 0 Å². The molecule has 0 amide bonds. The van der Waals surface area contributed by atoms with Crippen LogP contribution in [0.3, 0.4) is 0 Å². The number of halogens is 1. The standard InChI is InChI=1S/C14H11ClN2S/c15-14-10(8-16)13(12-6-3-7-18-12)9-4-1-2-5-11(9)17-14/h3,6-7H,1-2,4-5H2. The molecule has 1 aliphatic rings. The highest BCUT2D eigenvalue weighted by Crippen LogP contribution is 2.38. The Morgan fingerprint density at radius 2 is 2.17 bits per heavy atom. The van der Waals surface area contributed by atoms with Crippen molar-refractivity contribution in [1.82, 2.24) is 4.98 Å². The van der Waals surface area contributed by atoms with Crippen molar-refractivity contribution in [3.05, 3.63) is 39.5 Å². The van der Waals surface area contributed by atoms with E-state index in [4.69, 9.17) is 11.6 Å². The minimum atomic E-state index is 0.349. The Morgan fingerprint density at radius 1 is 1.33 bits per heavy atom. The number of hydrogen-bond acceptors (Lipinski definition) is 3. The third-order valence-electron chi connectivity index (χ3n) is 3.31. The van der Waals surface area contributed by atoms with Crippen LogP contribution in [0.2, 0.25) is 5.15 Å². The first-order chi connectivity index (χ1) is 8.81. The van der Waals surface area contributed by atoms with Crippen LogP contribution in [0.5, 0.6) is 0 Å². The van der Waals surface area contributed by atoms with Gasteiger partial charge in [0.25, 0.3) is 0 Å². The fourth-order valence-corrected chi connectivity index (χ4v) is 3.55. The van der Waals surface area contributed by atoms with E-state index in [1.807, 2.05) is 17.5 Å². The highest BCUT2D eigenvalue weighted by molar-refractivity contribution is 7.13. The molecule has 0 aromatic carbocycles. The molecule has 2 aromatic rings. The van der Waals surface area contributed by atoms with Crippen LogP contribution in [0.25, 0.3) is 10.4 Å². The van der Waals surface area contributed by atoms with E-state index in [9.17, 15) is 5.26 Å². The number of pyridine rings is 1. The van der Waals surface area contributed by atoms with Gasteiger partial charge in [-0.05, 0) is 42.7 Å². The summed E-state index contributed by atoms with van der Waals surface area (Å²) < 4.78 is 0. The Labute approximate surface area is 115 Å². The van der Waals surface area contributed by atoms with Crippen molar-refractivity contribution < 1.29 is 0 Å². The van der Waals surface area contributed by atoms with E-state index in [-0.39, 0.29) is 0 Å². The van der Waals surface area contributed by atoms with E-state index in [0.29, 0.717) is 10.7 Å². The number of aryl methyl sites for hydroxylation is 1. The summed E-state index contributed by atoms with van der Waals surface area (Å²) in [4.78, 5) is 5.52. The maximum atomic E-state index is 9.33. The van der Waals surface area contributed by atoms with Crippen LogP contribution in [-0.4, -0.2) is 4.98 Å². The van der Waals surface area contributed by atoms with Gasteiger partial charge in [-0.2, -0.15) is 5.26 Å². The van der Waals surface area contributed by atoms with Crippen molar-refractivity contribution in [2.45, 2.75) is 25.7 Å². The number of rotatable bonds is 1. The Morgan fingerprint density at radius 3 is 2.89 bits per heavy atom. The van der Waals surface area contributed by atoms with Crippen LogP contribution in [0.1, 0.15) is 29.7 Å². The van der Waals surface area contributed by atoms with Gasteiger partial charge in [0.2, 0.25) is 0 Å². The Bertz CT molecular complexity index is 626. The van der Waals surface area contributed by atoms with E-state index >= 15 is 0 Å². The number of aromatic nitrogens is 1. The lowest BCUT2D eigenvalue weighted by molar-refractivity contribution is 0.669. The van der Waals surface area contributed by atoms with Crippen LogP contribution in [0.15, 0.2) is 17.5 Å². The predicted molar refractivity (Wildman–Crippen MR) is 73.9 cm³/mol. The summed E-state index contributed by atoms with van der Waals surface area (Å²) in [5.74, 6) is 0.